The van der Waals surface area contributed by atoms with Gasteiger partial charge in [0.1, 0.15) is 0 Å². The Hall–Kier alpha value is 0.341. The summed E-state index contributed by atoms with van der Waals surface area (Å²) in [5.74, 6) is 0.918. The Kier molecular flexibility index (Phi) is 12.0. The van der Waals surface area contributed by atoms with E-state index >= 15 is 0 Å². The molecule has 1 heterocycles. The van der Waals surface area contributed by atoms with Gasteiger partial charge in [0.15, 0.2) is 0 Å². The van der Waals surface area contributed by atoms with Gasteiger partial charge in [-0.2, -0.15) is 6.08 Å². The third-order valence-electron chi connectivity index (χ3n) is 5.63. The van der Waals surface area contributed by atoms with Crippen molar-refractivity contribution in [1.29, 1.82) is 0 Å². The van der Waals surface area contributed by atoms with E-state index in [2.05, 4.69) is 37.3 Å². The van der Waals surface area contributed by atoms with E-state index in [0.717, 1.165) is 12.3 Å². The van der Waals surface area contributed by atoms with Crippen LogP contribution in [0, 0.1) is 17.5 Å². The fraction of sp³-hybridized carbons (Fsp3) is 0.550. The summed E-state index contributed by atoms with van der Waals surface area (Å²) in [6.07, 6.45) is 24.3. The molecule has 0 N–H and O–H groups in total. The average Bonchev–Trinajstić information content (AvgIpc) is 3.15. The van der Waals surface area contributed by atoms with E-state index in [1.54, 1.807) is 18.1 Å². The van der Waals surface area contributed by atoms with Gasteiger partial charge in [0, 0.05) is 0 Å². The van der Waals surface area contributed by atoms with Crippen molar-refractivity contribution in [2.24, 2.45) is 5.92 Å². The molecule has 130 valence electrons. The molecule has 0 nitrogen and oxygen atoms in total. The molecule has 24 heavy (non-hydrogen) atoms. The largest absolute Gasteiger partial charge is 4.00 e. The molecule has 0 aromatic rings. The summed E-state index contributed by atoms with van der Waals surface area (Å²) >= 11 is 0. The van der Waals surface area contributed by atoms with Crippen LogP contribution < -0.4 is 24.8 Å². The van der Waals surface area contributed by atoms with Crippen LogP contribution in [0.1, 0.15) is 45.4 Å². The van der Waals surface area contributed by atoms with Gasteiger partial charge in [0.2, 0.25) is 0 Å². The Morgan fingerprint density at radius 1 is 1.21 bits per heavy atom. The summed E-state index contributed by atoms with van der Waals surface area (Å²) in [7, 11) is -0.904. The van der Waals surface area contributed by atoms with Crippen LogP contribution in [0.15, 0.2) is 42.0 Å². The molecule has 3 aliphatic carbocycles. The number of allylic oxidation sites excluding steroid dienone is 8. The fourth-order valence-corrected chi connectivity index (χ4v) is 9.60. The first-order chi connectivity index (χ1) is 10.4. The first kappa shape index (κ1) is 24.3. The summed E-state index contributed by atoms with van der Waals surface area (Å²) in [6.45, 7) is 2.38. The van der Waals surface area contributed by atoms with Crippen molar-refractivity contribution in [1.82, 2.24) is 0 Å². The van der Waals surface area contributed by atoms with Gasteiger partial charge in [0.05, 0.1) is 0 Å². The molecule has 1 atom stereocenters. The van der Waals surface area contributed by atoms with E-state index in [1.165, 1.54) is 32.1 Å². The van der Waals surface area contributed by atoms with Crippen LogP contribution in [0.4, 0.5) is 0 Å². The quantitative estimate of drug-likeness (QED) is 0.449. The minimum Gasteiger partial charge on any atom is -1.00 e. The molecule has 2 fully saturated rings. The van der Waals surface area contributed by atoms with Crippen LogP contribution in [0.25, 0.3) is 0 Å². The zero-order chi connectivity index (χ0) is 14.5. The van der Waals surface area contributed by atoms with Crippen LogP contribution in [-0.4, -0.2) is 8.07 Å². The standard InChI is InChI=1S/C15H23Si.C5H5.2ClH.Ti/c1-2-10-16(11-5-12-16)15-9-8-13-6-3-4-7-14(13)15;1-2-4-5-3-1;;;/h3-4,7,13H,2,5-6,8-12H2,1H3;1-3H,4H2;2*1H;/q2*-1;;;+4/p-2. The number of hydrogen-bond acceptors (Lipinski definition) is 0. The first-order valence-electron chi connectivity index (χ1n) is 8.81. The average molecular weight is 415 g/mol. The summed E-state index contributed by atoms with van der Waals surface area (Å²) in [5, 5.41) is 0. The number of fused-ring (bicyclic) bond motifs is 1. The molecule has 0 aromatic carbocycles. The Bertz CT molecular complexity index is 468. The van der Waals surface area contributed by atoms with E-state index < -0.39 is 8.07 Å². The smallest absolute Gasteiger partial charge is 1.00 e. The molecule has 4 aliphatic rings. The van der Waals surface area contributed by atoms with E-state index in [1.807, 2.05) is 23.3 Å². The van der Waals surface area contributed by atoms with Crippen molar-refractivity contribution in [2.45, 2.75) is 63.6 Å². The molecule has 1 aliphatic heterocycles. The van der Waals surface area contributed by atoms with Gasteiger partial charge in [-0.1, -0.05) is 50.7 Å². The molecule has 1 unspecified atom stereocenters. The summed E-state index contributed by atoms with van der Waals surface area (Å²) in [6, 6.07) is 4.81. The molecule has 1 saturated carbocycles. The van der Waals surface area contributed by atoms with Crippen LogP contribution in [0.3, 0.4) is 0 Å². The predicted molar refractivity (Wildman–Crippen MR) is 94.5 cm³/mol. The van der Waals surface area contributed by atoms with Crippen molar-refractivity contribution >= 4 is 8.07 Å². The summed E-state index contributed by atoms with van der Waals surface area (Å²) in [4.78, 5) is 0. The molecule has 4 heteroatoms. The van der Waals surface area contributed by atoms with Crippen molar-refractivity contribution in [3.05, 3.63) is 53.6 Å². The third kappa shape index (κ3) is 5.42. The maximum Gasteiger partial charge on any atom is 4.00 e. The van der Waals surface area contributed by atoms with Gasteiger partial charge in [-0.25, -0.2) is 29.3 Å². The second kappa shape index (κ2) is 11.9. The minimum atomic E-state index is -0.904. The van der Waals surface area contributed by atoms with Crippen LogP contribution in [0.5, 0.6) is 0 Å². The third-order valence-corrected chi connectivity index (χ3v) is 11.5. The molecule has 0 bridgehead atoms. The molecule has 0 amide bonds. The fourth-order valence-electron chi connectivity index (χ4n) is 4.46. The molecule has 0 radical (unpaired) electrons. The van der Waals surface area contributed by atoms with E-state index in [4.69, 9.17) is 0 Å². The number of halogens is 2. The zero-order valence-electron chi connectivity index (χ0n) is 14.7. The Morgan fingerprint density at radius 3 is 2.50 bits per heavy atom. The van der Waals surface area contributed by atoms with E-state index in [9.17, 15) is 0 Å². The van der Waals surface area contributed by atoms with Crippen molar-refractivity contribution < 1.29 is 46.5 Å². The normalized spacial score (nSPS) is 24.3. The SMILES string of the molecule is CCC[Si]1([C-]2CCC3CC=CC=C23)CCC1.[C-]1=CC=CC1.[Cl-].[Cl-].[Ti+4]. The van der Waals surface area contributed by atoms with Gasteiger partial charge in [-0.3, -0.25) is 6.08 Å². The van der Waals surface area contributed by atoms with Gasteiger partial charge >= 0.3 is 21.7 Å². The molecular weight excluding hydrogens is 387 g/mol. The second-order valence-electron chi connectivity index (χ2n) is 6.89. The Balaban J connectivity index is 0.000000578. The van der Waals surface area contributed by atoms with Crippen LogP contribution in [-0.2, 0) is 21.7 Å². The maximum absolute atomic E-state index is 2.99. The number of rotatable bonds is 3. The molecule has 1 saturated heterocycles. The van der Waals surface area contributed by atoms with Crippen molar-refractivity contribution in [2.75, 3.05) is 0 Å². The van der Waals surface area contributed by atoms with Gasteiger partial charge in [-0.05, 0) is 20.4 Å². The van der Waals surface area contributed by atoms with Crippen molar-refractivity contribution in [3.63, 3.8) is 0 Å². The maximum atomic E-state index is 2.99. The summed E-state index contributed by atoms with van der Waals surface area (Å²) < 4.78 is 0. The summed E-state index contributed by atoms with van der Waals surface area (Å²) in [5.41, 5.74) is 3.82. The van der Waals surface area contributed by atoms with E-state index in [-0.39, 0.29) is 46.5 Å². The minimum absolute atomic E-state index is 0. The monoisotopic (exact) mass is 414 g/mol. The van der Waals surface area contributed by atoms with Crippen LogP contribution >= 0.6 is 0 Å². The van der Waals surface area contributed by atoms with Gasteiger partial charge < -0.3 is 24.8 Å². The molecule has 4 rings (SSSR count). The molecular formula is C20H28Cl2SiTi. The van der Waals surface area contributed by atoms with Crippen molar-refractivity contribution in [3.8, 4) is 0 Å². The Morgan fingerprint density at radius 2 is 2.00 bits per heavy atom. The van der Waals surface area contributed by atoms with Crippen LogP contribution in [0.2, 0.25) is 18.1 Å². The molecule has 0 aromatic heterocycles. The Labute approximate surface area is 177 Å². The molecule has 0 spiro atoms. The second-order valence-corrected chi connectivity index (χ2v) is 11.6. The number of hydrogen-bond donors (Lipinski definition) is 0. The predicted octanol–water partition coefficient (Wildman–Crippen LogP) is -0.0299. The zero-order valence-corrected chi connectivity index (χ0v) is 18.7. The van der Waals surface area contributed by atoms with E-state index in [0.29, 0.717) is 0 Å². The van der Waals surface area contributed by atoms with Gasteiger partial charge in [-0.15, -0.1) is 18.6 Å². The first-order valence-corrected chi connectivity index (χ1v) is 11.4. The van der Waals surface area contributed by atoms with Gasteiger partial charge in [0.25, 0.3) is 0 Å². The topological polar surface area (TPSA) is 0 Å².